The van der Waals surface area contributed by atoms with Crippen LogP contribution in [0.15, 0.2) is 27.4 Å². The average molecular weight is 340 g/mol. The number of aromatic nitrogens is 2. The number of nitrogens with zero attached hydrogens (tertiary/aromatic N) is 2. The summed E-state index contributed by atoms with van der Waals surface area (Å²) in [6, 6.07) is 2.15. The maximum Gasteiger partial charge on any atom is 0.105 e. The molecule has 1 atom stereocenters. The molecule has 0 bridgehead atoms. The van der Waals surface area contributed by atoms with Gasteiger partial charge in [0.15, 0.2) is 0 Å². The second kappa shape index (κ2) is 7.09. The van der Waals surface area contributed by atoms with Crippen LogP contribution in [0, 0.1) is 6.92 Å². The highest BCUT2D eigenvalue weighted by molar-refractivity contribution is 9.10. The molecule has 1 N–H and O–H groups in total. The molecular formula is C15H22BrN3O. The van der Waals surface area contributed by atoms with E-state index in [1.165, 1.54) is 11.3 Å². The Kier molecular flexibility index (Phi) is 5.43. The monoisotopic (exact) mass is 339 g/mol. The summed E-state index contributed by atoms with van der Waals surface area (Å²) in [4.78, 5) is 0. The van der Waals surface area contributed by atoms with Crippen LogP contribution in [-0.4, -0.2) is 16.3 Å². The average Bonchev–Trinajstić information content (AvgIpc) is 3.00. The molecule has 2 aromatic rings. The molecule has 0 aliphatic carbocycles. The van der Waals surface area contributed by atoms with E-state index in [1.807, 2.05) is 19.2 Å². The molecular weight excluding hydrogens is 318 g/mol. The van der Waals surface area contributed by atoms with Gasteiger partial charge >= 0.3 is 0 Å². The molecule has 0 aliphatic rings. The van der Waals surface area contributed by atoms with E-state index in [0.717, 1.165) is 36.2 Å². The highest BCUT2D eigenvalue weighted by Gasteiger charge is 2.23. The van der Waals surface area contributed by atoms with Crippen molar-refractivity contribution in [2.75, 3.05) is 6.54 Å². The van der Waals surface area contributed by atoms with Crippen LogP contribution in [0.2, 0.25) is 0 Å². The number of hydrogen-bond donors (Lipinski definition) is 1. The zero-order valence-electron chi connectivity index (χ0n) is 12.3. The van der Waals surface area contributed by atoms with Crippen LogP contribution in [0.25, 0.3) is 0 Å². The third-order valence-electron chi connectivity index (χ3n) is 3.35. The second-order valence-electron chi connectivity index (χ2n) is 4.92. The minimum Gasteiger partial charge on any atom is -0.469 e. The smallest absolute Gasteiger partial charge is 0.105 e. The van der Waals surface area contributed by atoms with Crippen molar-refractivity contribution in [3.63, 3.8) is 0 Å². The van der Waals surface area contributed by atoms with Crippen LogP contribution in [0.1, 0.15) is 49.7 Å². The molecule has 110 valence electrons. The topological polar surface area (TPSA) is 43.0 Å². The van der Waals surface area contributed by atoms with E-state index in [2.05, 4.69) is 44.9 Å². The molecule has 0 aromatic carbocycles. The molecule has 1 unspecified atom stereocenters. The summed E-state index contributed by atoms with van der Waals surface area (Å²) < 4.78 is 8.59. The maximum atomic E-state index is 5.48. The standard InChI is InChI=1S/C15H22BrN3O/c1-4-7-17-14(12-6-9-20-11(12)3)15-13(16)10-18-19(15)8-5-2/h6,9-10,14,17H,4-5,7-8H2,1-3H3. The number of hydrogen-bond acceptors (Lipinski definition) is 3. The van der Waals surface area contributed by atoms with Gasteiger partial charge in [0.05, 0.1) is 28.7 Å². The molecule has 2 heterocycles. The number of halogens is 1. The number of furan rings is 1. The fourth-order valence-corrected chi connectivity index (χ4v) is 2.91. The minimum atomic E-state index is 0.108. The molecule has 4 nitrogen and oxygen atoms in total. The third kappa shape index (κ3) is 3.15. The van der Waals surface area contributed by atoms with E-state index in [-0.39, 0.29) is 6.04 Å². The van der Waals surface area contributed by atoms with Gasteiger partial charge in [-0.25, -0.2) is 0 Å². The second-order valence-corrected chi connectivity index (χ2v) is 5.77. The lowest BCUT2D eigenvalue weighted by atomic mass is 10.0. The molecule has 0 aliphatic heterocycles. The predicted molar refractivity (Wildman–Crippen MR) is 83.8 cm³/mol. The van der Waals surface area contributed by atoms with Gasteiger partial charge in [0.25, 0.3) is 0 Å². The Morgan fingerprint density at radius 1 is 1.40 bits per heavy atom. The van der Waals surface area contributed by atoms with Crippen molar-refractivity contribution >= 4 is 15.9 Å². The third-order valence-corrected chi connectivity index (χ3v) is 3.96. The molecule has 0 saturated carbocycles. The Labute approximate surface area is 128 Å². The van der Waals surface area contributed by atoms with Gasteiger partial charge in [-0.1, -0.05) is 13.8 Å². The van der Waals surface area contributed by atoms with Gasteiger partial charge in [0.1, 0.15) is 5.76 Å². The first-order valence-corrected chi connectivity index (χ1v) is 7.96. The number of rotatable bonds is 7. The quantitative estimate of drug-likeness (QED) is 0.827. The van der Waals surface area contributed by atoms with Gasteiger partial charge in [-0.3, -0.25) is 4.68 Å². The zero-order valence-corrected chi connectivity index (χ0v) is 13.9. The van der Waals surface area contributed by atoms with E-state index >= 15 is 0 Å². The van der Waals surface area contributed by atoms with Gasteiger partial charge in [0.2, 0.25) is 0 Å². The highest BCUT2D eigenvalue weighted by atomic mass is 79.9. The van der Waals surface area contributed by atoms with Crippen molar-refractivity contribution in [2.24, 2.45) is 0 Å². The van der Waals surface area contributed by atoms with Crippen LogP contribution >= 0.6 is 15.9 Å². The van der Waals surface area contributed by atoms with E-state index in [9.17, 15) is 0 Å². The fraction of sp³-hybridized carbons (Fsp3) is 0.533. The first-order chi connectivity index (χ1) is 9.69. The molecule has 0 radical (unpaired) electrons. The van der Waals surface area contributed by atoms with Gasteiger partial charge < -0.3 is 9.73 Å². The van der Waals surface area contributed by atoms with Crippen molar-refractivity contribution < 1.29 is 4.42 Å². The van der Waals surface area contributed by atoms with E-state index in [1.54, 1.807) is 6.26 Å². The first-order valence-electron chi connectivity index (χ1n) is 7.17. The summed E-state index contributed by atoms with van der Waals surface area (Å²) >= 11 is 3.64. The largest absolute Gasteiger partial charge is 0.469 e. The van der Waals surface area contributed by atoms with Crippen LogP contribution in [0.5, 0.6) is 0 Å². The summed E-state index contributed by atoms with van der Waals surface area (Å²) in [6.45, 7) is 8.22. The van der Waals surface area contributed by atoms with E-state index in [0.29, 0.717) is 0 Å². The summed E-state index contributed by atoms with van der Waals surface area (Å²) in [6.07, 6.45) is 5.78. The highest BCUT2D eigenvalue weighted by Crippen LogP contribution is 2.31. The molecule has 2 rings (SSSR count). The van der Waals surface area contributed by atoms with Crippen molar-refractivity contribution in [2.45, 2.75) is 46.2 Å². The normalized spacial score (nSPS) is 12.8. The molecule has 0 fully saturated rings. The molecule has 5 heteroatoms. The fourth-order valence-electron chi connectivity index (χ4n) is 2.39. The van der Waals surface area contributed by atoms with Gasteiger partial charge in [-0.15, -0.1) is 0 Å². The molecule has 0 amide bonds. The number of aryl methyl sites for hydroxylation is 2. The Morgan fingerprint density at radius 3 is 2.80 bits per heavy atom. The molecule has 0 saturated heterocycles. The molecule has 0 spiro atoms. The first kappa shape index (κ1) is 15.3. The van der Waals surface area contributed by atoms with Crippen molar-refractivity contribution in [3.05, 3.63) is 40.0 Å². The Balaban J connectivity index is 2.41. The van der Waals surface area contributed by atoms with Crippen molar-refractivity contribution in [1.82, 2.24) is 15.1 Å². The summed E-state index contributed by atoms with van der Waals surface area (Å²) in [5.41, 5.74) is 2.35. The lowest BCUT2D eigenvalue weighted by molar-refractivity contribution is 0.491. The van der Waals surface area contributed by atoms with E-state index in [4.69, 9.17) is 4.42 Å². The van der Waals surface area contributed by atoms with Crippen molar-refractivity contribution in [1.29, 1.82) is 0 Å². The summed E-state index contributed by atoms with van der Waals surface area (Å²) in [5, 5.41) is 8.08. The zero-order chi connectivity index (χ0) is 14.5. The number of nitrogens with one attached hydrogen (secondary N) is 1. The summed E-state index contributed by atoms with van der Waals surface area (Å²) in [7, 11) is 0. The van der Waals surface area contributed by atoms with Gasteiger partial charge in [-0.2, -0.15) is 5.10 Å². The molecule has 2 aromatic heterocycles. The minimum absolute atomic E-state index is 0.108. The van der Waals surface area contributed by atoms with Crippen LogP contribution in [-0.2, 0) is 6.54 Å². The van der Waals surface area contributed by atoms with Crippen LogP contribution < -0.4 is 5.32 Å². The summed E-state index contributed by atoms with van der Waals surface area (Å²) in [5.74, 6) is 0.953. The van der Waals surface area contributed by atoms with Crippen LogP contribution in [0.3, 0.4) is 0 Å². The van der Waals surface area contributed by atoms with Gasteiger partial charge in [-0.05, 0) is 48.3 Å². The van der Waals surface area contributed by atoms with Crippen molar-refractivity contribution in [3.8, 4) is 0 Å². The predicted octanol–water partition coefficient (Wildman–Crippen LogP) is 4.05. The lowest BCUT2D eigenvalue weighted by Crippen LogP contribution is -2.26. The Hall–Kier alpha value is -1.07. The Bertz CT molecular complexity index is 547. The van der Waals surface area contributed by atoms with Crippen LogP contribution in [0.4, 0.5) is 0 Å². The SMILES string of the molecule is CCCNC(c1ccoc1C)c1c(Br)cnn1CCC. The van der Waals surface area contributed by atoms with Gasteiger partial charge in [0, 0.05) is 12.1 Å². The lowest BCUT2D eigenvalue weighted by Gasteiger charge is -2.20. The maximum absolute atomic E-state index is 5.48. The Morgan fingerprint density at radius 2 is 2.20 bits per heavy atom. The molecule has 20 heavy (non-hydrogen) atoms. The van der Waals surface area contributed by atoms with E-state index < -0.39 is 0 Å².